The van der Waals surface area contributed by atoms with E-state index in [2.05, 4.69) is 17.6 Å². The highest BCUT2D eigenvalue weighted by Crippen LogP contribution is 2.26. The van der Waals surface area contributed by atoms with Crippen molar-refractivity contribution in [1.29, 1.82) is 0 Å². The van der Waals surface area contributed by atoms with Gasteiger partial charge < -0.3 is 15.4 Å². The van der Waals surface area contributed by atoms with Crippen molar-refractivity contribution in [1.82, 2.24) is 0 Å². The van der Waals surface area contributed by atoms with Gasteiger partial charge in [-0.2, -0.15) is 0 Å². The lowest BCUT2D eigenvalue weighted by atomic mass is 10.2. The van der Waals surface area contributed by atoms with Gasteiger partial charge in [0.15, 0.2) is 0 Å². The molecule has 0 heterocycles. The van der Waals surface area contributed by atoms with Gasteiger partial charge in [0.1, 0.15) is 5.75 Å². The lowest BCUT2D eigenvalue weighted by Gasteiger charge is -2.11. The van der Waals surface area contributed by atoms with Crippen LogP contribution >= 0.6 is 11.6 Å². The summed E-state index contributed by atoms with van der Waals surface area (Å²) in [6, 6.07) is 12.0. The van der Waals surface area contributed by atoms with Crippen LogP contribution in [0.1, 0.15) is 43.5 Å². The zero-order valence-corrected chi connectivity index (χ0v) is 15.7. The Balaban J connectivity index is 2.10. The molecule has 2 aromatic rings. The van der Waals surface area contributed by atoms with Crippen molar-refractivity contribution >= 4 is 34.8 Å². The van der Waals surface area contributed by atoms with Crippen molar-refractivity contribution in [2.24, 2.45) is 0 Å². The number of carbonyl (C=O) groups excluding carboxylic acids is 2. The molecule has 0 unspecified atom stereocenters. The first-order valence-corrected chi connectivity index (χ1v) is 9.05. The molecule has 2 aromatic carbocycles. The van der Waals surface area contributed by atoms with Gasteiger partial charge in [-0.25, -0.2) is 0 Å². The van der Waals surface area contributed by atoms with Crippen LogP contribution in [0.15, 0.2) is 42.5 Å². The van der Waals surface area contributed by atoms with Gasteiger partial charge in [-0.05, 0) is 42.8 Å². The van der Waals surface area contributed by atoms with E-state index in [0.717, 1.165) is 12.8 Å². The highest BCUT2D eigenvalue weighted by atomic mass is 35.5. The average Bonchev–Trinajstić information content (AvgIpc) is 2.64. The third-order valence-corrected chi connectivity index (χ3v) is 4.01. The standard InChI is InChI=1S/C20H23ClN2O3/c1-3-5-11-26-16-8-6-7-14(12-16)20(25)23-18-13-15(9-10-17(18)21)22-19(24)4-2/h6-10,12-13H,3-5,11H2,1-2H3,(H,22,24)(H,23,25). The van der Waals surface area contributed by atoms with Gasteiger partial charge >= 0.3 is 0 Å². The third-order valence-electron chi connectivity index (χ3n) is 3.68. The Kier molecular flexibility index (Phi) is 7.48. The first-order valence-electron chi connectivity index (χ1n) is 8.67. The first-order chi connectivity index (χ1) is 12.5. The molecule has 0 bridgehead atoms. The Morgan fingerprint density at radius 2 is 1.88 bits per heavy atom. The molecular weight excluding hydrogens is 352 g/mol. The largest absolute Gasteiger partial charge is 0.494 e. The van der Waals surface area contributed by atoms with E-state index >= 15 is 0 Å². The summed E-state index contributed by atoms with van der Waals surface area (Å²) in [7, 11) is 0. The summed E-state index contributed by atoms with van der Waals surface area (Å²) in [4.78, 5) is 24.0. The SMILES string of the molecule is CCCCOc1cccc(C(=O)Nc2cc(NC(=O)CC)ccc2Cl)c1. The van der Waals surface area contributed by atoms with Crippen LogP contribution in [0.2, 0.25) is 5.02 Å². The van der Waals surface area contributed by atoms with Gasteiger partial charge in [0.2, 0.25) is 5.91 Å². The topological polar surface area (TPSA) is 67.4 Å². The summed E-state index contributed by atoms with van der Waals surface area (Å²) in [5.41, 5.74) is 1.48. The molecule has 2 amide bonds. The highest BCUT2D eigenvalue weighted by Gasteiger charge is 2.11. The van der Waals surface area contributed by atoms with Crippen LogP contribution in [0.5, 0.6) is 5.75 Å². The predicted octanol–water partition coefficient (Wildman–Crippen LogP) is 5.12. The van der Waals surface area contributed by atoms with Gasteiger partial charge in [-0.1, -0.05) is 37.9 Å². The molecule has 0 aliphatic rings. The second kappa shape index (κ2) is 9.82. The molecule has 26 heavy (non-hydrogen) atoms. The van der Waals surface area contributed by atoms with E-state index in [4.69, 9.17) is 16.3 Å². The number of nitrogens with one attached hydrogen (secondary N) is 2. The fourth-order valence-electron chi connectivity index (χ4n) is 2.20. The monoisotopic (exact) mass is 374 g/mol. The summed E-state index contributed by atoms with van der Waals surface area (Å²) in [6.07, 6.45) is 2.38. The molecule has 0 fully saturated rings. The molecule has 138 valence electrons. The molecule has 2 rings (SSSR count). The maximum Gasteiger partial charge on any atom is 0.255 e. The Hall–Kier alpha value is -2.53. The van der Waals surface area contributed by atoms with Crippen molar-refractivity contribution in [3.8, 4) is 5.75 Å². The first kappa shape index (κ1) is 19.8. The molecule has 6 heteroatoms. The van der Waals surface area contributed by atoms with Gasteiger partial charge in [0.05, 0.1) is 17.3 Å². The number of hydrogen-bond donors (Lipinski definition) is 2. The number of rotatable bonds is 8. The van der Waals surface area contributed by atoms with Crippen LogP contribution in [-0.4, -0.2) is 18.4 Å². The van der Waals surface area contributed by atoms with E-state index in [1.165, 1.54) is 0 Å². The van der Waals surface area contributed by atoms with Crippen LogP contribution in [0.3, 0.4) is 0 Å². The number of carbonyl (C=O) groups is 2. The van der Waals surface area contributed by atoms with Crippen molar-refractivity contribution in [2.75, 3.05) is 17.2 Å². The number of anilines is 2. The minimum absolute atomic E-state index is 0.110. The lowest BCUT2D eigenvalue weighted by molar-refractivity contribution is -0.115. The summed E-state index contributed by atoms with van der Waals surface area (Å²) in [5.74, 6) is 0.245. The van der Waals surface area contributed by atoms with E-state index in [1.807, 2.05) is 6.07 Å². The van der Waals surface area contributed by atoms with Gasteiger partial charge in [-0.3, -0.25) is 9.59 Å². The number of benzene rings is 2. The average molecular weight is 375 g/mol. The maximum absolute atomic E-state index is 12.5. The van der Waals surface area contributed by atoms with Crippen LogP contribution in [0.25, 0.3) is 0 Å². The molecule has 0 aromatic heterocycles. The van der Waals surface area contributed by atoms with Crippen molar-refractivity contribution < 1.29 is 14.3 Å². The normalized spacial score (nSPS) is 10.3. The second-order valence-electron chi connectivity index (χ2n) is 5.78. The van der Waals surface area contributed by atoms with Crippen LogP contribution in [0, 0.1) is 0 Å². The number of halogens is 1. The minimum atomic E-state index is -0.299. The quantitative estimate of drug-likeness (QED) is 0.630. The van der Waals surface area contributed by atoms with Crippen LogP contribution < -0.4 is 15.4 Å². The van der Waals surface area contributed by atoms with Gasteiger partial charge in [0.25, 0.3) is 5.91 Å². The molecule has 0 aliphatic heterocycles. The Morgan fingerprint density at radius 1 is 1.08 bits per heavy atom. The fraction of sp³-hybridized carbons (Fsp3) is 0.300. The third kappa shape index (κ3) is 5.77. The molecule has 0 spiro atoms. The Morgan fingerprint density at radius 3 is 2.62 bits per heavy atom. The second-order valence-corrected chi connectivity index (χ2v) is 6.19. The molecule has 5 nitrogen and oxygen atoms in total. The van der Waals surface area contributed by atoms with E-state index in [-0.39, 0.29) is 11.8 Å². The zero-order chi connectivity index (χ0) is 18.9. The predicted molar refractivity (Wildman–Crippen MR) is 105 cm³/mol. The smallest absolute Gasteiger partial charge is 0.255 e. The van der Waals surface area contributed by atoms with Crippen LogP contribution in [-0.2, 0) is 4.79 Å². The summed E-state index contributed by atoms with van der Waals surface area (Å²) >= 11 is 6.16. The number of hydrogen-bond acceptors (Lipinski definition) is 3. The number of amides is 2. The maximum atomic E-state index is 12.5. The molecule has 0 radical (unpaired) electrons. The van der Waals surface area contributed by atoms with Crippen molar-refractivity contribution in [3.05, 3.63) is 53.1 Å². The number of ether oxygens (including phenoxy) is 1. The van der Waals surface area contributed by atoms with Gasteiger partial charge in [0, 0.05) is 17.7 Å². The summed E-state index contributed by atoms with van der Waals surface area (Å²) < 4.78 is 5.63. The Labute approximate surface area is 158 Å². The molecule has 0 saturated carbocycles. The zero-order valence-electron chi connectivity index (χ0n) is 15.0. The van der Waals surface area contributed by atoms with E-state index in [1.54, 1.807) is 43.3 Å². The summed E-state index contributed by atoms with van der Waals surface area (Å²) in [6.45, 7) is 4.48. The number of unbranched alkanes of at least 4 members (excludes halogenated alkanes) is 1. The minimum Gasteiger partial charge on any atom is -0.494 e. The molecule has 0 saturated heterocycles. The van der Waals surface area contributed by atoms with E-state index in [9.17, 15) is 9.59 Å². The van der Waals surface area contributed by atoms with Gasteiger partial charge in [-0.15, -0.1) is 0 Å². The van der Waals surface area contributed by atoms with E-state index < -0.39 is 0 Å². The molecule has 0 atom stereocenters. The molecular formula is C20H23ClN2O3. The molecule has 0 aliphatic carbocycles. The summed E-state index contributed by atoms with van der Waals surface area (Å²) in [5, 5.41) is 5.91. The molecule has 2 N–H and O–H groups in total. The van der Waals surface area contributed by atoms with E-state index in [0.29, 0.717) is 40.7 Å². The van der Waals surface area contributed by atoms with Crippen molar-refractivity contribution in [3.63, 3.8) is 0 Å². The van der Waals surface area contributed by atoms with Crippen LogP contribution in [0.4, 0.5) is 11.4 Å². The van der Waals surface area contributed by atoms with Crippen molar-refractivity contribution in [2.45, 2.75) is 33.1 Å². The fourth-order valence-corrected chi connectivity index (χ4v) is 2.37. The Bertz CT molecular complexity index is 777. The lowest BCUT2D eigenvalue weighted by Crippen LogP contribution is -2.14. The highest BCUT2D eigenvalue weighted by molar-refractivity contribution is 6.34.